The number of amides is 1. The van der Waals surface area contributed by atoms with E-state index in [1.54, 1.807) is 11.3 Å². The highest BCUT2D eigenvalue weighted by Crippen LogP contribution is 2.19. The second-order valence-electron chi connectivity index (χ2n) is 4.93. The monoisotopic (exact) mass is 299 g/mol. The minimum Gasteiger partial charge on any atom is -0.399 e. The van der Waals surface area contributed by atoms with Gasteiger partial charge >= 0.3 is 0 Å². The molecule has 3 aromatic rings. The SMILES string of the molecule is CCc1ccsc1CNC(=O)c1cc2cc(N)ccc2[nH]1. The number of benzene rings is 1. The molecule has 1 amide bonds. The van der Waals surface area contributed by atoms with Crippen molar-refractivity contribution in [2.45, 2.75) is 19.9 Å². The Morgan fingerprint density at radius 1 is 1.33 bits per heavy atom. The van der Waals surface area contributed by atoms with Crippen LogP contribution in [-0.2, 0) is 13.0 Å². The number of carbonyl (C=O) groups excluding carboxylic acids is 1. The average molecular weight is 299 g/mol. The molecular formula is C16H17N3OS. The van der Waals surface area contributed by atoms with Gasteiger partial charge in [0.05, 0.1) is 6.54 Å². The van der Waals surface area contributed by atoms with Crippen LogP contribution in [0.5, 0.6) is 0 Å². The summed E-state index contributed by atoms with van der Waals surface area (Å²) < 4.78 is 0. The summed E-state index contributed by atoms with van der Waals surface area (Å²) in [5.74, 6) is -0.0970. The fraction of sp³-hybridized carbons (Fsp3) is 0.188. The number of nitrogen functional groups attached to an aromatic ring is 1. The van der Waals surface area contributed by atoms with Crippen LogP contribution < -0.4 is 11.1 Å². The first-order valence-electron chi connectivity index (χ1n) is 6.89. The maximum atomic E-state index is 12.2. The van der Waals surface area contributed by atoms with Gasteiger partial charge in [-0.25, -0.2) is 0 Å². The normalized spacial score (nSPS) is 10.9. The number of thiophene rings is 1. The molecule has 0 saturated carbocycles. The van der Waals surface area contributed by atoms with E-state index in [1.807, 2.05) is 24.3 Å². The number of fused-ring (bicyclic) bond motifs is 1. The van der Waals surface area contributed by atoms with E-state index < -0.39 is 0 Å². The Labute approximate surface area is 127 Å². The van der Waals surface area contributed by atoms with Gasteiger partial charge in [-0.2, -0.15) is 0 Å². The first-order valence-corrected chi connectivity index (χ1v) is 7.77. The maximum Gasteiger partial charge on any atom is 0.268 e. The van der Waals surface area contributed by atoms with Crippen molar-refractivity contribution >= 4 is 33.8 Å². The van der Waals surface area contributed by atoms with Crippen LogP contribution in [0, 0.1) is 0 Å². The quantitative estimate of drug-likeness (QED) is 0.647. The number of nitrogens with two attached hydrogens (primary N) is 1. The molecule has 0 bridgehead atoms. The molecule has 0 aliphatic heterocycles. The van der Waals surface area contributed by atoms with Gasteiger partial charge in [0.1, 0.15) is 5.69 Å². The summed E-state index contributed by atoms with van der Waals surface area (Å²) in [5, 5.41) is 5.97. The smallest absolute Gasteiger partial charge is 0.268 e. The number of aromatic amines is 1. The van der Waals surface area contributed by atoms with Crippen molar-refractivity contribution in [2.24, 2.45) is 0 Å². The maximum absolute atomic E-state index is 12.2. The predicted octanol–water partition coefficient (Wildman–Crippen LogP) is 3.30. The summed E-state index contributed by atoms with van der Waals surface area (Å²) in [6.07, 6.45) is 0.986. The zero-order valence-corrected chi connectivity index (χ0v) is 12.6. The van der Waals surface area contributed by atoms with Crippen LogP contribution in [0.15, 0.2) is 35.7 Å². The van der Waals surface area contributed by atoms with E-state index in [0.29, 0.717) is 17.9 Å². The molecule has 0 fully saturated rings. The molecule has 0 radical (unpaired) electrons. The molecule has 0 spiro atoms. The number of H-pyrrole nitrogens is 1. The summed E-state index contributed by atoms with van der Waals surface area (Å²) in [7, 11) is 0. The lowest BCUT2D eigenvalue weighted by molar-refractivity contribution is 0.0947. The van der Waals surface area contributed by atoms with E-state index in [0.717, 1.165) is 17.3 Å². The Bertz CT molecular complexity index is 788. The molecule has 0 aliphatic carbocycles. The highest BCUT2D eigenvalue weighted by atomic mass is 32.1. The van der Waals surface area contributed by atoms with E-state index in [9.17, 15) is 4.79 Å². The average Bonchev–Trinajstić information content (AvgIpc) is 3.10. The summed E-state index contributed by atoms with van der Waals surface area (Å²) in [6.45, 7) is 2.69. The van der Waals surface area contributed by atoms with E-state index in [-0.39, 0.29) is 5.91 Å². The lowest BCUT2D eigenvalue weighted by Gasteiger charge is -2.04. The minimum atomic E-state index is -0.0970. The molecule has 2 aromatic heterocycles. The number of carbonyl (C=O) groups is 1. The second-order valence-corrected chi connectivity index (χ2v) is 5.94. The standard InChI is InChI=1S/C16H17N3OS/c1-2-10-5-6-21-15(10)9-18-16(20)14-8-11-7-12(17)3-4-13(11)19-14/h3-8,19H,2,9,17H2,1H3,(H,18,20). The van der Waals surface area contributed by atoms with Crippen molar-refractivity contribution < 1.29 is 4.79 Å². The third kappa shape index (κ3) is 2.78. The van der Waals surface area contributed by atoms with Gasteiger partial charge in [-0.05, 0) is 47.7 Å². The van der Waals surface area contributed by atoms with Crippen LogP contribution in [0.25, 0.3) is 10.9 Å². The Balaban J connectivity index is 1.75. The van der Waals surface area contributed by atoms with Crippen LogP contribution >= 0.6 is 11.3 Å². The Kier molecular flexibility index (Phi) is 3.66. The van der Waals surface area contributed by atoms with Crippen molar-refractivity contribution in [3.8, 4) is 0 Å². The summed E-state index contributed by atoms with van der Waals surface area (Å²) in [5.41, 5.74) is 9.22. The second kappa shape index (κ2) is 5.61. The number of rotatable bonds is 4. The summed E-state index contributed by atoms with van der Waals surface area (Å²) in [6, 6.07) is 9.50. The van der Waals surface area contributed by atoms with Crippen LogP contribution in [0.3, 0.4) is 0 Å². The fourth-order valence-electron chi connectivity index (χ4n) is 2.37. The highest BCUT2D eigenvalue weighted by Gasteiger charge is 2.10. The number of anilines is 1. The van der Waals surface area contributed by atoms with Gasteiger partial charge in [-0.1, -0.05) is 6.92 Å². The zero-order valence-electron chi connectivity index (χ0n) is 11.8. The van der Waals surface area contributed by atoms with Gasteiger partial charge in [0, 0.05) is 21.5 Å². The molecule has 21 heavy (non-hydrogen) atoms. The van der Waals surface area contributed by atoms with Crippen LogP contribution in [0.4, 0.5) is 5.69 Å². The third-order valence-electron chi connectivity index (χ3n) is 3.52. The topological polar surface area (TPSA) is 70.9 Å². The molecule has 1 aromatic carbocycles. The molecule has 0 atom stereocenters. The summed E-state index contributed by atoms with van der Waals surface area (Å²) in [4.78, 5) is 16.6. The molecule has 3 rings (SSSR count). The van der Waals surface area contributed by atoms with E-state index in [1.165, 1.54) is 10.4 Å². The number of aryl methyl sites for hydroxylation is 1. The van der Waals surface area contributed by atoms with Crippen molar-refractivity contribution in [3.05, 3.63) is 51.8 Å². The lowest BCUT2D eigenvalue weighted by Crippen LogP contribution is -2.23. The number of aromatic nitrogens is 1. The highest BCUT2D eigenvalue weighted by molar-refractivity contribution is 7.10. The molecule has 0 aliphatic rings. The Morgan fingerprint density at radius 3 is 3.00 bits per heavy atom. The van der Waals surface area contributed by atoms with Gasteiger partial charge in [0.15, 0.2) is 0 Å². The van der Waals surface area contributed by atoms with Crippen molar-refractivity contribution in [3.63, 3.8) is 0 Å². The molecular weight excluding hydrogens is 282 g/mol. The molecule has 2 heterocycles. The predicted molar refractivity (Wildman–Crippen MR) is 87.6 cm³/mol. The first-order chi connectivity index (χ1) is 10.2. The summed E-state index contributed by atoms with van der Waals surface area (Å²) >= 11 is 1.68. The van der Waals surface area contributed by atoms with Gasteiger partial charge < -0.3 is 16.0 Å². The molecule has 0 unspecified atom stereocenters. The molecule has 108 valence electrons. The van der Waals surface area contributed by atoms with E-state index in [2.05, 4.69) is 28.7 Å². The lowest BCUT2D eigenvalue weighted by atomic mass is 10.2. The van der Waals surface area contributed by atoms with Gasteiger partial charge in [-0.3, -0.25) is 4.79 Å². The number of hydrogen-bond acceptors (Lipinski definition) is 3. The largest absolute Gasteiger partial charge is 0.399 e. The van der Waals surface area contributed by atoms with Crippen LogP contribution in [0.2, 0.25) is 0 Å². The van der Waals surface area contributed by atoms with Gasteiger partial charge in [0.25, 0.3) is 5.91 Å². The molecule has 0 saturated heterocycles. The number of hydrogen-bond donors (Lipinski definition) is 3. The zero-order chi connectivity index (χ0) is 14.8. The van der Waals surface area contributed by atoms with E-state index >= 15 is 0 Å². The molecule has 5 heteroatoms. The fourth-order valence-corrected chi connectivity index (χ4v) is 3.28. The molecule has 4 N–H and O–H groups in total. The van der Waals surface area contributed by atoms with Crippen LogP contribution in [-0.4, -0.2) is 10.9 Å². The Hall–Kier alpha value is -2.27. The molecule has 4 nitrogen and oxygen atoms in total. The Morgan fingerprint density at radius 2 is 2.19 bits per heavy atom. The van der Waals surface area contributed by atoms with Crippen molar-refractivity contribution in [1.82, 2.24) is 10.3 Å². The first kappa shape index (κ1) is 13.7. The van der Waals surface area contributed by atoms with E-state index in [4.69, 9.17) is 5.73 Å². The minimum absolute atomic E-state index is 0.0970. The third-order valence-corrected chi connectivity index (χ3v) is 4.48. The van der Waals surface area contributed by atoms with Gasteiger partial charge in [-0.15, -0.1) is 11.3 Å². The van der Waals surface area contributed by atoms with Crippen LogP contribution in [0.1, 0.15) is 27.9 Å². The van der Waals surface area contributed by atoms with Gasteiger partial charge in [0.2, 0.25) is 0 Å². The van der Waals surface area contributed by atoms with Crippen molar-refractivity contribution in [2.75, 3.05) is 5.73 Å². The van der Waals surface area contributed by atoms with Crippen molar-refractivity contribution in [1.29, 1.82) is 0 Å². The number of nitrogens with one attached hydrogen (secondary N) is 2.